The average Bonchev–Trinajstić information content (AvgIpc) is 2.63. The molecule has 2 atom stereocenters. The zero-order valence-electron chi connectivity index (χ0n) is 9.48. The van der Waals surface area contributed by atoms with Gasteiger partial charge in [0.2, 0.25) is 5.91 Å². The second-order valence-electron chi connectivity index (χ2n) is 4.25. The van der Waals surface area contributed by atoms with Crippen LogP contribution in [0.3, 0.4) is 0 Å². The highest BCUT2D eigenvalue weighted by Gasteiger charge is 2.32. The van der Waals surface area contributed by atoms with Crippen molar-refractivity contribution in [3.8, 4) is 0 Å². The van der Waals surface area contributed by atoms with Crippen LogP contribution in [-0.4, -0.2) is 41.7 Å². The van der Waals surface area contributed by atoms with E-state index in [4.69, 9.17) is 10.8 Å². The second kappa shape index (κ2) is 6.08. The number of carbonyl (C=O) groups is 1. The molecule has 0 heterocycles. The number of nitrogens with zero attached hydrogens (tertiary/aromatic N) is 1. The van der Waals surface area contributed by atoms with E-state index in [0.717, 1.165) is 32.2 Å². The van der Waals surface area contributed by atoms with Crippen LogP contribution in [0.4, 0.5) is 0 Å². The summed E-state index contributed by atoms with van der Waals surface area (Å²) >= 11 is 0. The molecule has 4 nitrogen and oxygen atoms in total. The first kappa shape index (κ1) is 12.5. The van der Waals surface area contributed by atoms with Gasteiger partial charge in [-0.15, -0.1) is 0 Å². The van der Waals surface area contributed by atoms with Crippen LogP contribution in [0.2, 0.25) is 0 Å². The lowest BCUT2D eigenvalue weighted by molar-refractivity contribution is -0.136. The smallest absolute Gasteiger partial charge is 0.227 e. The van der Waals surface area contributed by atoms with Crippen LogP contribution < -0.4 is 5.73 Å². The summed E-state index contributed by atoms with van der Waals surface area (Å²) in [4.78, 5) is 13.8. The molecule has 1 aliphatic rings. The summed E-state index contributed by atoms with van der Waals surface area (Å²) < 4.78 is 0. The van der Waals surface area contributed by atoms with Gasteiger partial charge in [-0.25, -0.2) is 0 Å². The summed E-state index contributed by atoms with van der Waals surface area (Å²) in [5, 5.41) is 8.90. The summed E-state index contributed by atoms with van der Waals surface area (Å²) in [5.41, 5.74) is 5.90. The SMILES string of the molecule is CCCN(CCO)C(=O)C1CCCC1N. The molecule has 3 N–H and O–H groups in total. The van der Waals surface area contributed by atoms with E-state index < -0.39 is 0 Å². The first-order valence-corrected chi connectivity index (χ1v) is 5.86. The predicted octanol–water partition coefficient (Wildman–Crippen LogP) is 0.345. The van der Waals surface area contributed by atoms with E-state index in [1.54, 1.807) is 4.90 Å². The lowest BCUT2D eigenvalue weighted by atomic mass is 10.0. The summed E-state index contributed by atoms with van der Waals surface area (Å²) in [6, 6.07) is 0.0237. The number of carbonyl (C=O) groups excluding carboxylic acids is 1. The van der Waals surface area contributed by atoms with Gasteiger partial charge in [-0.1, -0.05) is 13.3 Å². The highest BCUT2D eigenvalue weighted by molar-refractivity contribution is 5.79. The number of aliphatic hydroxyl groups excluding tert-OH is 1. The summed E-state index contributed by atoms with van der Waals surface area (Å²) in [7, 11) is 0. The minimum Gasteiger partial charge on any atom is -0.395 e. The second-order valence-corrected chi connectivity index (χ2v) is 4.25. The Bertz CT molecular complexity index is 203. The topological polar surface area (TPSA) is 66.6 Å². The van der Waals surface area contributed by atoms with Crippen molar-refractivity contribution in [3.05, 3.63) is 0 Å². The molecule has 1 fully saturated rings. The van der Waals surface area contributed by atoms with Crippen LogP contribution >= 0.6 is 0 Å². The normalized spacial score (nSPS) is 25.5. The highest BCUT2D eigenvalue weighted by Crippen LogP contribution is 2.25. The molecule has 0 aromatic rings. The Morgan fingerprint density at radius 1 is 1.47 bits per heavy atom. The fourth-order valence-corrected chi connectivity index (χ4v) is 2.25. The van der Waals surface area contributed by atoms with Gasteiger partial charge in [0, 0.05) is 19.1 Å². The van der Waals surface area contributed by atoms with Gasteiger partial charge >= 0.3 is 0 Å². The Morgan fingerprint density at radius 2 is 2.20 bits per heavy atom. The third-order valence-corrected chi connectivity index (χ3v) is 3.06. The molecule has 2 unspecified atom stereocenters. The summed E-state index contributed by atoms with van der Waals surface area (Å²) in [6.45, 7) is 3.23. The Balaban J connectivity index is 2.54. The van der Waals surface area contributed by atoms with Crippen LogP contribution in [0.15, 0.2) is 0 Å². The molecular formula is C11H22N2O2. The molecule has 1 saturated carbocycles. The van der Waals surface area contributed by atoms with Crippen LogP contribution in [0.25, 0.3) is 0 Å². The van der Waals surface area contributed by atoms with Crippen molar-refractivity contribution < 1.29 is 9.90 Å². The fourth-order valence-electron chi connectivity index (χ4n) is 2.25. The molecule has 0 radical (unpaired) electrons. The number of hydrogen-bond donors (Lipinski definition) is 2. The number of rotatable bonds is 5. The van der Waals surface area contributed by atoms with Gasteiger partial charge in [0.15, 0.2) is 0 Å². The zero-order valence-corrected chi connectivity index (χ0v) is 9.48. The number of hydrogen-bond acceptors (Lipinski definition) is 3. The van der Waals surface area contributed by atoms with Gasteiger partial charge in [0.25, 0.3) is 0 Å². The Hall–Kier alpha value is -0.610. The molecule has 4 heteroatoms. The van der Waals surface area contributed by atoms with E-state index in [1.807, 2.05) is 6.92 Å². The molecule has 0 aromatic carbocycles. The average molecular weight is 214 g/mol. The molecule has 15 heavy (non-hydrogen) atoms. The van der Waals surface area contributed by atoms with Crippen molar-refractivity contribution in [2.24, 2.45) is 11.7 Å². The largest absolute Gasteiger partial charge is 0.395 e. The maximum absolute atomic E-state index is 12.1. The molecule has 1 aliphatic carbocycles. The van der Waals surface area contributed by atoms with Gasteiger partial charge < -0.3 is 15.7 Å². The minimum absolute atomic E-state index is 0.0110. The minimum atomic E-state index is -0.0110. The maximum atomic E-state index is 12.1. The van der Waals surface area contributed by atoms with Crippen LogP contribution in [0.1, 0.15) is 32.6 Å². The molecule has 0 aromatic heterocycles. The van der Waals surface area contributed by atoms with Crippen molar-refractivity contribution in [1.29, 1.82) is 0 Å². The predicted molar refractivity (Wildman–Crippen MR) is 59.3 cm³/mol. The third-order valence-electron chi connectivity index (χ3n) is 3.06. The first-order valence-electron chi connectivity index (χ1n) is 5.86. The van der Waals surface area contributed by atoms with Crippen LogP contribution in [0.5, 0.6) is 0 Å². The van der Waals surface area contributed by atoms with Gasteiger partial charge in [0.05, 0.1) is 12.5 Å². The summed E-state index contributed by atoms with van der Waals surface area (Å²) in [5.74, 6) is 0.124. The van der Waals surface area contributed by atoms with Gasteiger partial charge in [-0.05, 0) is 19.3 Å². The number of aliphatic hydroxyl groups is 1. The van der Waals surface area contributed by atoms with E-state index in [-0.39, 0.29) is 24.5 Å². The van der Waals surface area contributed by atoms with Crippen molar-refractivity contribution in [3.63, 3.8) is 0 Å². The highest BCUT2D eigenvalue weighted by atomic mass is 16.3. The van der Waals surface area contributed by atoms with Gasteiger partial charge in [0.1, 0.15) is 0 Å². The third kappa shape index (κ3) is 3.18. The van der Waals surface area contributed by atoms with Gasteiger partial charge in [-0.2, -0.15) is 0 Å². The summed E-state index contributed by atoms with van der Waals surface area (Å²) in [6.07, 6.45) is 3.84. The molecular weight excluding hydrogens is 192 g/mol. The Morgan fingerprint density at radius 3 is 2.67 bits per heavy atom. The molecule has 1 amide bonds. The molecule has 0 aliphatic heterocycles. The molecule has 1 rings (SSSR count). The zero-order chi connectivity index (χ0) is 11.3. The Labute approximate surface area is 91.4 Å². The maximum Gasteiger partial charge on any atom is 0.227 e. The van der Waals surface area contributed by atoms with Crippen molar-refractivity contribution in [2.75, 3.05) is 19.7 Å². The lowest BCUT2D eigenvalue weighted by Gasteiger charge is -2.26. The van der Waals surface area contributed by atoms with Crippen LogP contribution in [0, 0.1) is 5.92 Å². The van der Waals surface area contributed by atoms with E-state index in [1.165, 1.54) is 0 Å². The van der Waals surface area contributed by atoms with Crippen molar-refractivity contribution in [2.45, 2.75) is 38.6 Å². The number of amides is 1. The molecule has 0 bridgehead atoms. The van der Waals surface area contributed by atoms with E-state index in [0.29, 0.717) is 6.54 Å². The fraction of sp³-hybridized carbons (Fsp3) is 0.909. The number of nitrogens with two attached hydrogens (primary N) is 1. The van der Waals surface area contributed by atoms with Crippen LogP contribution in [-0.2, 0) is 4.79 Å². The van der Waals surface area contributed by atoms with E-state index >= 15 is 0 Å². The van der Waals surface area contributed by atoms with E-state index in [9.17, 15) is 4.79 Å². The Kier molecular flexibility index (Phi) is 5.05. The standard InChI is InChI=1S/C11H22N2O2/c1-2-6-13(7-8-14)11(15)9-4-3-5-10(9)12/h9-10,14H,2-8,12H2,1H3. The lowest BCUT2D eigenvalue weighted by Crippen LogP contribution is -2.43. The van der Waals surface area contributed by atoms with Crippen molar-refractivity contribution in [1.82, 2.24) is 4.90 Å². The van der Waals surface area contributed by atoms with E-state index in [2.05, 4.69) is 0 Å². The quantitative estimate of drug-likeness (QED) is 0.693. The first-order chi connectivity index (χ1) is 7.20. The monoisotopic (exact) mass is 214 g/mol. The van der Waals surface area contributed by atoms with Gasteiger partial charge in [-0.3, -0.25) is 4.79 Å². The molecule has 0 saturated heterocycles. The molecule has 88 valence electrons. The van der Waals surface area contributed by atoms with Crippen molar-refractivity contribution >= 4 is 5.91 Å². The molecule has 0 spiro atoms.